The summed E-state index contributed by atoms with van der Waals surface area (Å²) in [6.07, 6.45) is 1.21. The zero-order chi connectivity index (χ0) is 18.2. The highest BCUT2D eigenvalue weighted by molar-refractivity contribution is 5.93. The molecule has 2 rings (SSSR count). The minimum Gasteiger partial charge on any atom is -0.493 e. The second-order valence-electron chi connectivity index (χ2n) is 5.12. The van der Waals surface area contributed by atoms with E-state index >= 15 is 0 Å². The lowest BCUT2D eigenvalue weighted by Gasteiger charge is -2.12. The van der Waals surface area contributed by atoms with Crippen LogP contribution in [0.4, 0.5) is 11.8 Å². The zero-order valence-corrected chi connectivity index (χ0v) is 13.9. The van der Waals surface area contributed by atoms with E-state index in [4.69, 9.17) is 26.1 Å². The number of hydrogen-bond donors (Lipinski definition) is 4. The molecule has 9 heteroatoms. The Kier molecular flexibility index (Phi) is 6.35. The highest BCUT2D eigenvalue weighted by Crippen LogP contribution is 2.24. The first-order valence-electron chi connectivity index (χ1n) is 7.77. The molecule has 0 spiro atoms. The standard InChI is InChI=1S/C16H21N5O4/c1-2-12-13(14(17)20-16(18)19-12)25-8-4-7-24-11-6-3-5-10(9-11)15(22)21-23/h3,5-6,9,23H,2,4,7-8H2,1H3,(H,21,22)(H4,17,18,19,20). The zero-order valence-electron chi connectivity index (χ0n) is 13.9. The van der Waals surface area contributed by atoms with Crippen molar-refractivity contribution in [1.82, 2.24) is 15.4 Å². The Morgan fingerprint density at radius 2 is 2.00 bits per heavy atom. The predicted octanol–water partition coefficient (Wildman–Crippen LogP) is 1.17. The molecule has 1 amide bonds. The lowest BCUT2D eigenvalue weighted by molar-refractivity contribution is 0.0706. The highest BCUT2D eigenvalue weighted by Gasteiger charge is 2.11. The molecule has 25 heavy (non-hydrogen) atoms. The fraction of sp³-hybridized carbons (Fsp3) is 0.312. The molecule has 0 saturated heterocycles. The second kappa shape index (κ2) is 8.69. The van der Waals surface area contributed by atoms with Crippen LogP contribution in [-0.4, -0.2) is 34.3 Å². The van der Waals surface area contributed by atoms with Crippen molar-refractivity contribution in [3.8, 4) is 11.5 Å². The fourth-order valence-electron chi connectivity index (χ4n) is 2.15. The number of rotatable bonds is 8. The number of anilines is 2. The van der Waals surface area contributed by atoms with Gasteiger partial charge in [-0.2, -0.15) is 4.98 Å². The van der Waals surface area contributed by atoms with Gasteiger partial charge in [0.15, 0.2) is 11.6 Å². The van der Waals surface area contributed by atoms with Crippen LogP contribution in [0.1, 0.15) is 29.4 Å². The summed E-state index contributed by atoms with van der Waals surface area (Å²) in [5.74, 6) is 0.702. The molecule has 0 aliphatic heterocycles. The van der Waals surface area contributed by atoms with Gasteiger partial charge in [-0.3, -0.25) is 10.0 Å². The Labute approximate surface area is 144 Å². The number of benzene rings is 1. The van der Waals surface area contributed by atoms with E-state index in [2.05, 4.69) is 9.97 Å². The molecule has 9 nitrogen and oxygen atoms in total. The van der Waals surface area contributed by atoms with Gasteiger partial charge in [-0.05, 0) is 24.6 Å². The molecule has 0 aliphatic carbocycles. The number of hydrogen-bond acceptors (Lipinski definition) is 8. The van der Waals surface area contributed by atoms with E-state index in [1.165, 1.54) is 6.07 Å². The molecule has 1 aromatic heterocycles. The van der Waals surface area contributed by atoms with E-state index in [0.29, 0.717) is 48.8 Å². The lowest BCUT2D eigenvalue weighted by atomic mass is 10.2. The Hall–Kier alpha value is -3.07. The molecule has 134 valence electrons. The Bertz CT molecular complexity index is 738. The second-order valence-corrected chi connectivity index (χ2v) is 5.12. The summed E-state index contributed by atoms with van der Waals surface area (Å²) < 4.78 is 11.2. The van der Waals surface area contributed by atoms with Crippen LogP contribution in [0.3, 0.4) is 0 Å². The number of carbonyl (C=O) groups is 1. The van der Waals surface area contributed by atoms with Gasteiger partial charge in [0.1, 0.15) is 5.75 Å². The quantitative estimate of drug-likeness (QED) is 0.316. The van der Waals surface area contributed by atoms with Crippen LogP contribution in [0.5, 0.6) is 11.5 Å². The summed E-state index contributed by atoms with van der Waals surface area (Å²) in [4.78, 5) is 19.3. The van der Waals surface area contributed by atoms with E-state index in [1.54, 1.807) is 23.7 Å². The number of aryl methyl sites for hydroxylation is 1. The summed E-state index contributed by atoms with van der Waals surface area (Å²) in [7, 11) is 0. The number of nitrogen functional groups attached to an aromatic ring is 2. The third-order valence-corrected chi connectivity index (χ3v) is 3.32. The molecular formula is C16H21N5O4. The molecule has 2 aromatic rings. The van der Waals surface area contributed by atoms with Crippen LogP contribution >= 0.6 is 0 Å². The Morgan fingerprint density at radius 1 is 1.24 bits per heavy atom. The van der Waals surface area contributed by atoms with Gasteiger partial charge in [-0.1, -0.05) is 13.0 Å². The van der Waals surface area contributed by atoms with Gasteiger partial charge in [0.2, 0.25) is 5.95 Å². The van der Waals surface area contributed by atoms with Crippen molar-refractivity contribution in [2.45, 2.75) is 19.8 Å². The maximum absolute atomic E-state index is 11.3. The van der Waals surface area contributed by atoms with Crippen molar-refractivity contribution in [3.05, 3.63) is 35.5 Å². The molecule has 0 fully saturated rings. The monoisotopic (exact) mass is 347 g/mol. The predicted molar refractivity (Wildman–Crippen MR) is 91.5 cm³/mol. The summed E-state index contributed by atoms with van der Waals surface area (Å²) >= 11 is 0. The minimum absolute atomic E-state index is 0.122. The maximum Gasteiger partial charge on any atom is 0.274 e. The SMILES string of the molecule is CCc1nc(N)nc(N)c1OCCCOc1cccc(C(=O)NO)c1. The Balaban J connectivity index is 1.84. The number of aromatic nitrogens is 2. The first-order valence-corrected chi connectivity index (χ1v) is 7.77. The van der Waals surface area contributed by atoms with Gasteiger partial charge in [0.05, 0.1) is 18.9 Å². The molecule has 0 atom stereocenters. The lowest BCUT2D eigenvalue weighted by Crippen LogP contribution is -2.18. The van der Waals surface area contributed by atoms with E-state index in [-0.39, 0.29) is 11.8 Å². The summed E-state index contributed by atoms with van der Waals surface area (Å²) in [5, 5.41) is 8.63. The van der Waals surface area contributed by atoms with Crippen molar-refractivity contribution in [2.75, 3.05) is 24.7 Å². The average molecular weight is 347 g/mol. The third kappa shape index (κ3) is 4.95. The molecule has 0 radical (unpaired) electrons. The first-order chi connectivity index (χ1) is 12.0. The number of nitrogens with zero attached hydrogens (tertiary/aromatic N) is 2. The molecular weight excluding hydrogens is 326 g/mol. The normalized spacial score (nSPS) is 10.3. The minimum atomic E-state index is -0.597. The van der Waals surface area contributed by atoms with E-state index in [1.807, 2.05) is 6.92 Å². The van der Waals surface area contributed by atoms with Gasteiger partial charge in [-0.25, -0.2) is 10.5 Å². The van der Waals surface area contributed by atoms with E-state index < -0.39 is 5.91 Å². The van der Waals surface area contributed by atoms with Crippen molar-refractivity contribution in [2.24, 2.45) is 0 Å². The summed E-state index contributed by atoms with van der Waals surface area (Å²) in [5.41, 5.74) is 13.9. The molecule has 0 bridgehead atoms. The van der Waals surface area contributed by atoms with Gasteiger partial charge in [-0.15, -0.1) is 0 Å². The number of amides is 1. The molecule has 0 saturated carbocycles. The summed E-state index contributed by atoms with van der Waals surface area (Å²) in [6, 6.07) is 6.48. The molecule has 1 aromatic carbocycles. The van der Waals surface area contributed by atoms with Crippen LogP contribution < -0.4 is 26.4 Å². The molecule has 0 aliphatic rings. The van der Waals surface area contributed by atoms with Crippen LogP contribution in [0, 0.1) is 0 Å². The van der Waals surface area contributed by atoms with Gasteiger partial charge < -0.3 is 20.9 Å². The van der Waals surface area contributed by atoms with E-state index in [0.717, 1.165) is 0 Å². The van der Waals surface area contributed by atoms with Crippen molar-refractivity contribution in [3.63, 3.8) is 0 Å². The van der Waals surface area contributed by atoms with Crippen LogP contribution in [0.2, 0.25) is 0 Å². The molecule has 1 heterocycles. The van der Waals surface area contributed by atoms with Crippen molar-refractivity contribution >= 4 is 17.7 Å². The van der Waals surface area contributed by atoms with Gasteiger partial charge in [0.25, 0.3) is 5.91 Å². The fourth-order valence-corrected chi connectivity index (χ4v) is 2.15. The molecule has 0 unspecified atom stereocenters. The number of ether oxygens (including phenoxy) is 2. The van der Waals surface area contributed by atoms with Crippen molar-refractivity contribution in [1.29, 1.82) is 0 Å². The van der Waals surface area contributed by atoms with Gasteiger partial charge in [0, 0.05) is 12.0 Å². The van der Waals surface area contributed by atoms with E-state index in [9.17, 15) is 4.79 Å². The Morgan fingerprint density at radius 3 is 2.72 bits per heavy atom. The molecule has 6 N–H and O–H groups in total. The maximum atomic E-state index is 11.3. The summed E-state index contributed by atoms with van der Waals surface area (Å²) in [6.45, 7) is 2.66. The van der Waals surface area contributed by atoms with Crippen LogP contribution in [-0.2, 0) is 6.42 Å². The van der Waals surface area contributed by atoms with Crippen molar-refractivity contribution < 1.29 is 19.5 Å². The average Bonchev–Trinajstić information content (AvgIpc) is 2.62. The highest BCUT2D eigenvalue weighted by atomic mass is 16.5. The number of nitrogens with one attached hydrogen (secondary N) is 1. The largest absolute Gasteiger partial charge is 0.493 e. The van der Waals surface area contributed by atoms with Crippen LogP contribution in [0.25, 0.3) is 0 Å². The topological polar surface area (TPSA) is 146 Å². The number of carbonyl (C=O) groups excluding carboxylic acids is 1. The first kappa shape index (κ1) is 18.3. The van der Waals surface area contributed by atoms with Gasteiger partial charge >= 0.3 is 0 Å². The smallest absolute Gasteiger partial charge is 0.274 e. The number of hydroxylamine groups is 1. The third-order valence-electron chi connectivity index (χ3n) is 3.32. The number of nitrogens with two attached hydrogens (primary N) is 2. The van der Waals surface area contributed by atoms with Crippen LogP contribution in [0.15, 0.2) is 24.3 Å².